The van der Waals surface area contributed by atoms with Gasteiger partial charge in [-0.1, -0.05) is 18.5 Å². The van der Waals surface area contributed by atoms with Crippen LogP contribution >= 0.6 is 11.6 Å². The van der Waals surface area contributed by atoms with Gasteiger partial charge in [0.1, 0.15) is 6.10 Å². The predicted octanol–water partition coefficient (Wildman–Crippen LogP) is 2.91. The highest BCUT2D eigenvalue weighted by molar-refractivity contribution is 6.17. The van der Waals surface area contributed by atoms with Crippen molar-refractivity contribution in [1.82, 2.24) is 0 Å². The van der Waals surface area contributed by atoms with Crippen molar-refractivity contribution in [3.8, 4) is 0 Å². The maximum Gasteiger partial charge on any atom is 0.509 e. The van der Waals surface area contributed by atoms with Crippen LogP contribution in [-0.2, 0) is 9.47 Å². The first-order valence-corrected chi connectivity index (χ1v) is 5.15. The molecule has 1 aliphatic carbocycles. The lowest BCUT2D eigenvalue weighted by molar-refractivity contribution is 0.0145. The lowest BCUT2D eigenvalue weighted by Gasteiger charge is -2.25. The minimum atomic E-state index is -0.644. The number of alkyl halides is 1. The number of rotatable bonds is 2. The molecule has 13 heavy (non-hydrogen) atoms. The molecule has 1 rings (SSSR count). The molecule has 0 aliphatic heterocycles. The van der Waals surface area contributed by atoms with Gasteiger partial charge in [-0.05, 0) is 31.6 Å². The van der Waals surface area contributed by atoms with E-state index in [1.165, 1.54) is 0 Å². The SMILES string of the molecule is CC1CCC(OC(=O)OCCl)CC1. The first-order chi connectivity index (χ1) is 6.22. The Morgan fingerprint density at radius 1 is 1.38 bits per heavy atom. The smallest absolute Gasteiger partial charge is 0.431 e. The Kier molecular flexibility index (Phi) is 4.36. The molecule has 0 atom stereocenters. The quantitative estimate of drug-likeness (QED) is 0.515. The molecule has 0 N–H and O–H groups in total. The molecule has 1 saturated carbocycles. The molecular weight excluding hydrogens is 192 g/mol. The summed E-state index contributed by atoms with van der Waals surface area (Å²) in [7, 11) is 0. The van der Waals surface area contributed by atoms with Gasteiger partial charge in [0.25, 0.3) is 0 Å². The first-order valence-electron chi connectivity index (χ1n) is 4.61. The average molecular weight is 207 g/mol. The van der Waals surface area contributed by atoms with Crippen LogP contribution < -0.4 is 0 Å². The number of ether oxygens (including phenoxy) is 2. The number of hydrogen-bond acceptors (Lipinski definition) is 3. The Morgan fingerprint density at radius 3 is 2.54 bits per heavy atom. The van der Waals surface area contributed by atoms with Gasteiger partial charge >= 0.3 is 6.16 Å². The van der Waals surface area contributed by atoms with Crippen LogP contribution in [0.4, 0.5) is 4.79 Å². The van der Waals surface area contributed by atoms with E-state index < -0.39 is 6.16 Å². The van der Waals surface area contributed by atoms with Crippen molar-refractivity contribution >= 4 is 17.8 Å². The van der Waals surface area contributed by atoms with Gasteiger partial charge in [-0.3, -0.25) is 0 Å². The molecule has 0 heterocycles. The molecule has 0 spiro atoms. The Bertz CT molecular complexity index is 164. The average Bonchev–Trinajstić information content (AvgIpc) is 2.09. The minimum Gasteiger partial charge on any atom is -0.431 e. The maximum atomic E-state index is 10.9. The molecule has 76 valence electrons. The van der Waals surface area contributed by atoms with Gasteiger partial charge in [-0.15, -0.1) is 0 Å². The summed E-state index contributed by atoms with van der Waals surface area (Å²) in [6.45, 7) is 2.22. The van der Waals surface area contributed by atoms with E-state index in [1.54, 1.807) is 0 Å². The van der Waals surface area contributed by atoms with Crippen LogP contribution in [-0.4, -0.2) is 18.3 Å². The summed E-state index contributed by atoms with van der Waals surface area (Å²) in [4.78, 5) is 10.9. The number of carbonyl (C=O) groups excluding carboxylic acids is 1. The highest BCUT2D eigenvalue weighted by atomic mass is 35.5. The Morgan fingerprint density at radius 2 is 2.00 bits per heavy atom. The van der Waals surface area contributed by atoms with E-state index in [2.05, 4.69) is 11.7 Å². The molecule has 4 heteroatoms. The van der Waals surface area contributed by atoms with Crippen molar-refractivity contribution in [2.75, 3.05) is 6.07 Å². The van der Waals surface area contributed by atoms with Crippen LogP contribution in [0.1, 0.15) is 32.6 Å². The second-order valence-electron chi connectivity index (χ2n) is 3.50. The lowest BCUT2D eigenvalue weighted by atomic mass is 9.89. The molecule has 0 aromatic heterocycles. The van der Waals surface area contributed by atoms with Gasteiger partial charge in [0.2, 0.25) is 0 Å². The van der Waals surface area contributed by atoms with E-state index in [0.717, 1.165) is 31.6 Å². The Labute approximate surface area is 83.3 Å². The summed E-state index contributed by atoms with van der Waals surface area (Å²) in [5.74, 6) is 0.754. The summed E-state index contributed by atoms with van der Waals surface area (Å²) in [5.41, 5.74) is 0. The molecule has 0 amide bonds. The van der Waals surface area contributed by atoms with Crippen molar-refractivity contribution in [3.05, 3.63) is 0 Å². The Hall–Kier alpha value is -0.440. The predicted molar refractivity (Wildman–Crippen MR) is 49.7 cm³/mol. The zero-order chi connectivity index (χ0) is 9.68. The van der Waals surface area contributed by atoms with Crippen LogP contribution in [0.15, 0.2) is 0 Å². The first kappa shape index (κ1) is 10.6. The molecule has 0 aromatic carbocycles. The molecule has 1 aliphatic rings. The van der Waals surface area contributed by atoms with Crippen LogP contribution in [0, 0.1) is 5.92 Å². The van der Waals surface area contributed by atoms with Crippen molar-refractivity contribution in [1.29, 1.82) is 0 Å². The normalized spacial score (nSPS) is 28.2. The highest BCUT2D eigenvalue weighted by Crippen LogP contribution is 2.25. The molecule has 1 fully saturated rings. The summed E-state index contributed by atoms with van der Waals surface area (Å²) in [6.07, 6.45) is 3.52. The molecular formula is C9H15ClO3. The topological polar surface area (TPSA) is 35.5 Å². The maximum absolute atomic E-state index is 10.9. The van der Waals surface area contributed by atoms with E-state index in [0.29, 0.717) is 0 Å². The van der Waals surface area contributed by atoms with Crippen LogP contribution in [0.2, 0.25) is 0 Å². The number of hydrogen-bond donors (Lipinski definition) is 0. The fourth-order valence-corrected chi connectivity index (χ4v) is 1.65. The van der Waals surface area contributed by atoms with Crippen LogP contribution in [0.3, 0.4) is 0 Å². The second kappa shape index (κ2) is 5.32. The molecule has 0 saturated heterocycles. The lowest BCUT2D eigenvalue weighted by Crippen LogP contribution is -2.23. The van der Waals surface area contributed by atoms with Crippen molar-refractivity contribution in [2.45, 2.75) is 38.7 Å². The van der Waals surface area contributed by atoms with Crippen molar-refractivity contribution < 1.29 is 14.3 Å². The van der Waals surface area contributed by atoms with E-state index in [1.807, 2.05) is 0 Å². The summed E-state index contributed by atoms with van der Waals surface area (Å²) in [5, 5.41) is 0. The van der Waals surface area contributed by atoms with Gasteiger partial charge in [0.15, 0.2) is 6.07 Å². The van der Waals surface area contributed by atoms with Crippen LogP contribution in [0.5, 0.6) is 0 Å². The molecule has 0 aromatic rings. The largest absolute Gasteiger partial charge is 0.509 e. The van der Waals surface area contributed by atoms with Crippen molar-refractivity contribution in [2.24, 2.45) is 5.92 Å². The summed E-state index contributed by atoms with van der Waals surface area (Å²) >= 11 is 5.21. The number of halogens is 1. The van der Waals surface area contributed by atoms with Gasteiger partial charge in [0.05, 0.1) is 0 Å². The van der Waals surface area contributed by atoms with E-state index in [4.69, 9.17) is 16.3 Å². The monoisotopic (exact) mass is 206 g/mol. The van der Waals surface area contributed by atoms with E-state index >= 15 is 0 Å². The van der Waals surface area contributed by atoms with Gasteiger partial charge < -0.3 is 9.47 Å². The molecule has 0 radical (unpaired) electrons. The minimum absolute atomic E-state index is 0.0342. The molecule has 0 unspecified atom stereocenters. The number of carbonyl (C=O) groups is 1. The third-order valence-corrected chi connectivity index (χ3v) is 2.51. The highest BCUT2D eigenvalue weighted by Gasteiger charge is 2.21. The molecule has 0 bridgehead atoms. The fraction of sp³-hybridized carbons (Fsp3) is 0.889. The van der Waals surface area contributed by atoms with Gasteiger partial charge in [-0.25, -0.2) is 4.79 Å². The third kappa shape index (κ3) is 3.85. The van der Waals surface area contributed by atoms with Crippen LogP contribution in [0.25, 0.3) is 0 Å². The second-order valence-corrected chi connectivity index (χ2v) is 3.72. The third-order valence-electron chi connectivity index (χ3n) is 2.40. The Balaban J connectivity index is 2.18. The van der Waals surface area contributed by atoms with Crippen molar-refractivity contribution in [3.63, 3.8) is 0 Å². The van der Waals surface area contributed by atoms with Gasteiger partial charge in [-0.2, -0.15) is 0 Å². The standard InChI is InChI=1S/C9H15ClO3/c1-7-2-4-8(5-3-7)13-9(11)12-6-10/h7-8H,2-6H2,1H3. The molecule has 3 nitrogen and oxygen atoms in total. The summed E-state index contributed by atoms with van der Waals surface area (Å²) in [6, 6.07) is -0.137. The fourth-order valence-electron chi connectivity index (χ4n) is 1.56. The van der Waals surface area contributed by atoms with Gasteiger partial charge in [0, 0.05) is 0 Å². The zero-order valence-corrected chi connectivity index (χ0v) is 8.55. The zero-order valence-electron chi connectivity index (χ0n) is 7.79. The van der Waals surface area contributed by atoms with E-state index in [-0.39, 0.29) is 12.2 Å². The summed E-state index contributed by atoms with van der Waals surface area (Å²) < 4.78 is 9.51. The van der Waals surface area contributed by atoms with E-state index in [9.17, 15) is 4.79 Å².